The van der Waals surface area contributed by atoms with Crippen LogP contribution in [0.4, 0.5) is 0 Å². The van der Waals surface area contributed by atoms with Crippen molar-refractivity contribution in [2.24, 2.45) is 0 Å². The summed E-state index contributed by atoms with van der Waals surface area (Å²) < 4.78 is 11.2. The van der Waals surface area contributed by atoms with Crippen molar-refractivity contribution in [3.05, 3.63) is 29.8 Å². The minimum atomic E-state index is 0.803. The monoisotopic (exact) mass is 294 g/mol. The lowest BCUT2D eigenvalue weighted by atomic mass is 10.2. The second-order valence-electron chi connectivity index (χ2n) is 5.70. The van der Waals surface area contributed by atoms with Gasteiger partial charge in [0.15, 0.2) is 0 Å². The van der Waals surface area contributed by atoms with E-state index in [1.165, 1.54) is 38.2 Å². The van der Waals surface area contributed by atoms with Gasteiger partial charge in [-0.3, -0.25) is 0 Å². The molecule has 1 aromatic carbocycles. The van der Waals surface area contributed by atoms with Crippen molar-refractivity contribution in [1.82, 2.24) is 0 Å². The lowest BCUT2D eigenvalue weighted by Crippen LogP contribution is -3.14. The maximum absolute atomic E-state index is 5.80. The summed E-state index contributed by atoms with van der Waals surface area (Å²) in [5, 5.41) is 2.40. The Bertz CT molecular complexity index is 392. The molecular weight excluding hydrogens is 264 g/mol. The highest BCUT2D eigenvalue weighted by molar-refractivity contribution is 5.32. The molecule has 0 amide bonds. The van der Waals surface area contributed by atoms with Crippen molar-refractivity contribution in [2.45, 2.75) is 26.3 Å². The first-order valence-corrected chi connectivity index (χ1v) is 8.34. The van der Waals surface area contributed by atoms with Crippen molar-refractivity contribution in [2.75, 3.05) is 46.0 Å². The summed E-state index contributed by atoms with van der Waals surface area (Å²) in [5.41, 5.74) is 1.31. The molecule has 0 saturated carbocycles. The Balaban J connectivity index is 1.63. The van der Waals surface area contributed by atoms with Gasteiger partial charge < -0.3 is 19.7 Å². The molecule has 1 heterocycles. The SMILES string of the molecule is CCCOc1ccccc1C[NH2+]CCC[NH+]1CCOCC1. The highest BCUT2D eigenvalue weighted by Crippen LogP contribution is 2.16. The molecule has 118 valence electrons. The maximum Gasteiger partial charge on any atom is 0.128 e. The first-order valence-electron chi connectivity index (χ1n) is 8.34. The Morgan fingerprint density at radius 3 is 2.86 bits per heavy atom. The fourth-order valence-electron chi connectivity index (χ4n) is 2.69. The zero-order chi connectivity index (χ0) is 14.8. The van der Waals surface area contributed by atoms with Gasteiger partial charge in [-0.1, -0.05) is 19.1 Å². The number of para-hydroxylation sites is 1. The smallest absolute Gasteiger partial charge is 0.128 e. The molecule has 1 aliphatic rings. The molecule has 0 aromatic heterocycles. The van der Waals surface area contributed by atoms with Gasteiger partial charge in [0.1, 0.15) is 25.4 Å². The Morgan fingerprint density at radius 2 is 2.05 bits per heavy atom. The molecule has 1 saturated heterocycles. The van der Waals surface area contributed by atoms with E-state index >= 15 is 0 Å². The number of hydrogen-bond donors (Lipinski definition) is 2. The van der Waals surface area contributed by atoms with E-state index in [1.807, 2.05) is 0 Å². The normalized spacial score (nSPS) is 16.0. The molecule has 0 aliphatic carbocycles. The third-order valence-corrected chi connectivity index (χ3v) is 3.94. The second-order valence-corrected chi connectivity index (χ2v) is 5.70. The van der Waals surface area contributed by atoms with E-state index in [0.29, 0.717) is 0 Å². The summed E-state index contributed by atoms with van der Waals surface area (Å²) >= 11 is 0. The summed E-state index contributed by atoms with van der Waals surface area (Å²) in [6.45, 7) is 10.6. The highest BCUT2D eigenvalue weighted by atomic mass is 16.5. The van der Waals surface area contributed by atoms with Gasteiger partial charge in [0, 0.05) is 12.0 Å². The zero-order valence-corrected chi connectivity index (χ0v) is 13.3. The quantitative estimate of drug-likeness (QED) is 0.622. The molecule has 0 radical (unpaired) electrons. The minimum absolute atomic E-state index is 0.803. The van der Waals surface area contributed by atoms with Crippen LogP contribution in [0.3, 0.4) is 0 Å². The molecule has 0 spiro atoms. The largest absolute Gasteiger partial charge is 0.493 e. The lowest BCUT2D eigenvalue weighted by Gasteiger charge is -2.23. The maximum atomic E-state index is 5.80. The molecule has 1 aliphatic heterocycles. The van der Waals surface area contributed by atoms with Crippen LogP contribution >= 0.6 is 0 Å². The van der Waals surface area contributed by atoms with Crippen molar-refractivity contribution < 1.29 is 19.7 Å². The summed E-state index contributed by atoms with van der Waals surface area (Å²) in [6.07, 6.45) is 2.33. The lowest BCUT2D eigenvalue weighted by molar-refractivity contribution is -0.909. The third-order valence-electron chi connectivity index (χ3n) is 3.94. The molecule has 0 atom stereocenters. The van der Waals surface area contributed by atoms with Crippen molar-refractivity contribution >= 4 is 0 Å². The first kappa shape index (κ1) is 16.3. The summed E-state index contributed by atoms with van der Waals surface area (Å²) in [4.78, 5) is 1.70. The molecule has 21 heavy (non-hydrogen) atoms. The van der Waals surface area contributed by atoms with Crippen molar-refractivity contribution in [3.8, 4) is 5.75 Å². The number of morpholine rings is 1. The van der Waals surface area contributed by atoms with E-state index in [2.05, 4.69) is 36.5 Å². The number of benzene rings is 1. The number of nitrogens with two attached hydrogens (primary N) is 1. The van der Waals surface area contributed by atoms with Crippen LogP contribution in [0.5, 0.6) is 5.75 Å². The van der Waals surface area contributed by atoms with Crippen LogP contribution < -0.4 is 15.0 Å². The van der Waals surface area contributed by atoms with Crippen LogP contribution in [-0.4, -0.2) is 46.0 Å². The fraction of sp³-hybridized carbons (Fsp3) is 0.647. The van der Waals surface area contributed by atoms with Crippen LogP contribution in [0.1, 0.15) is 25.3 Å². The van der Waals surface area contributed by atoms with Crippen molar-refractivity contribution in [3.63, 3.8) is 0 Å². The molecule has 4 nitrogen and oxygen atoms in total. The standard InChI is InChI=1S/C17H28N2O2/c1-2-12-21-17-7-4-3-6-16(17)15-18-8-5-9-19-10-13-20-14-11-19/h3-4,6-7,18H,2,5,8-15H2,1H3/p+2. The molecule has 1 fully saturated rings. The Hall–Kier alpha value is -1.10. The molecule has 3 N–H and O–H groups in total. The predicted molar refractivity (Wildman–Crippen MR) is 83.7 cm³/mol. The van der Waals surface area contributed by atoms with Gasteiger partial charge in [0.05, 0.1) is 32.9 Å². The van der Waals surface area contributed by atoms with Crippen LogP contribution in [0.15, 0.2) is 24.3 Å². The average molecular weight is 294 g/mol. The zero-order valence-electron chi connectivity index (χ0n) is 13.3. The van der Waals surface area contributed by atoms with E-state index in [9.17, 15) is 0 Å². The van der Waals surface area contributed by atoms with Gasteiger partial charge >= 0.3 is 0 Å². The second kappa shape index (κ2) is 9.77. The van der Waals surface area contributed by atoms with Gasteiger partial charge in [-0.05, 0) is 18.6 Å². The predicted octanol–water partition coefficient (Wildman–Crippen LogP) is -0.156. The van der Waals surface area contributed by atoms with Crippen LogP contribution in [0.2, 0.25) is 0 Å². The topological polar surface area (TPSA) is 39.5 Å². The van der Waals surface area contributed by atoms with Crippen LogP contribution in [0.25, 0.3) is 0 Å². The third kappa shape index (κ3) is 6.04. The van der Waals surface area contributed by atoms with Gasteiger partial charge in [-0.2, -0.15) is 0 Å². The number of quaternary nitrogens is 2. The fourth-order valence-corrected chi connectivity index (χ4v) is 2.69. The van der Waals surface area contributed by atoms with Gasteiger partial charge in [0.2, 0.25) is 0 Å². The van der Waals surface area contributed by atoms with E-state index < -0.39 is 0 Å². The van der Waals surface area contributed by atoms with Crippen LogP contribution in [0, 0.1) is 0 Å². The highest BCUT2D eigenvalue weighted by Gasteiger charge is 2.13. The molecule has 0 unspecified atom stereocenters. The van der Waals surface area contributed by atoms with Gasteiger partial charge in [-0.15, -0.1) is 0 Å². The Kier molecular flexibility index (Phi) is 7.57. The number of hydrogen-bond acceptors (Lipinski definition) is 2. The average Bonchev–Trinajstić information content (AvgIpc) is 2.54. The Labute approximate surface area is 128 Å². The molecule has 4 heteroatoms. The number of rotatable bonds is 9. The van der Waals surface area contributed by atoms with E-state index in [4.69, 9.17) is 9.47 Å². The summed E-state index contributed by atoms with van der Waals surface area (Å²) in [6, 6.07) is 8.40. The first-order chi connectivity index (χ1) is 10.4. The van der Waals surface area contributed by atoms with E-state index in [0.717, 1.165) is 38.5 Å². The summed E-state index contributed by atoms with van der Waals surface area (Å²) in [7, 11) is 0. The van der Waals surface area contributed by atoms with E-state index in [-0.39, 0.29) is 0 Å². The Morgan fingerprint density at radius 1 is 1.24 bits per heavy atom. The van der Waals surface area contributed by atoms with E-state index in [1.54, 1.807) is 4.90 Å². The molecule has 0 bridgehead atoms. The summed E-state index contributed by atoms with van der Waals surface area (Å²) in [5.74, 6) is 1.05. The van der Waals surface area contributed by atoms with Crippen LogP contribution in [-0.2, 0) is 11.3 Å². The van der Waals surface area contributed by atoms with Gasteiger partial charge in [-0.25, -0.2) is 0 Å². The number of nitrogens with one attached hydrogen (secondary N) is 1. The minimum Gasteiger partial charge on any atom is -0.493 e. The molecule has 2 rings (SSSR count). The van der Waals surface area contributed by atoms with Crippen molar-refractivity contribution in [1.29, 1.82) is 0 Å². The number of ether oxygens (including phenoxy) is 2. The van der Waals surface area contributed by atoms with Gasteiger partial charge in [0.25, 0.3) is 0 Å². The molecular formula is C17H30N2O2+2. The molecule has 1 aromatic rings.